The predicted molar refractivity (Wildman–Crippen MR) is 162 cm³/mol. The number of nitrogen functional groups attached to an aromatic ring is 1. The van der Waals surface area contributed by atoms with Gasteiger partial charge >= 0.3 is 13.7 Å². The van der Waals surface area contributed by atoms with E-state index in [9.17, 15) is 14.6 Å². The summed E-state index contributed by atoms with van der Waals surface area (Å²) in [6, 6.07) is 13.0. The SMILES string of the molecule is CCC(CC)COC(=O)C(C)N[P@](=O)(OCC1O[C@@](C#N)(c2ccc3c(N)ncnn23)C2OC(C)(C)OC12)Oc1ccccc1. The molecule has 3 N–H and O–H groups in total. The molecule has 3 aromatic rings. The molecular weight excluding hydrogens is 603 g/mol. The molecule has 2 aliphatic rings. The number of hydrogen-bond donors (Lipinski definition) is 2. The lowest BCUT2D eigenvalue weighted by Crippen LogP contribution is -2.40. The smallest absolute Gasteiger partial charge is 0.459 e. The zero-order chi connectivity index (χ0) is 32.4. The lowest BCUT2D eigenvalue weighted by molar-refractivity contribution is -0.204. The van der Waals surface area contributed by atoms with Crippen molar-refractivity contribution in [3.05, 3.63) is 54.5 Å². The number of nitrogens with two attached hydrogens (primary N) is 1. The first kappa shape index (κ1) is 32.8. The average Bonchev–Trinajstić information content (AvgIpc) is 3.68. The van der Waals surface area contributed by atoms with Gasteiger partial charge < -0.3 is 29.2 Å². The van der Waals surface area contributed by atoms with E-state index in [4.69, 9.17) is 33.7 Å². The Balaban J connectivity index is 1.40. The summed E-state index contributed by atoms with van der Waals surface area (Å²) in [4.78, 5) is 16.9. The van der Waals surface area contributed by atoms with Crippen LogP contribution >= 0.6 is 7.75 Å². The summed E-state index contributed by atoms with van der Waals surface area (Å²) in [5, 5.41) is 17.6. The van der Waals surface area contributed by atoms with Gasteiger partial charge in [-0.2, -0.15) is 15.4 Å². The van der Waals surface area contributed by atoms with Crippen molar-refractivity contribution in [2.24, 2.45) is 5.92 Å². The van der Waals surface area contributed by atoms with Gasteiger partial charge in [0.25, 0.3) is 0 Å². The molecular formula is C30H39N6O8P. The van der Waals surface area contributed by atoms with Crippen molar-refractivity contribution in [3.8, 4) is 11.8 Å². The Hall–Kier alpha value is -3.57. The number of anilines is 1. The third-order valence-electron chi connectivity index (χ3n) is 7.96. The van der Waals surface area contributed by atoms with E-state index in [1.165, 1.54) is 17.8 Å². The maximum absolute atomic E-state index is 14.2. The normalized spacial score (nSPS) is 25.8. The number of ether oxygens (including phenoxy) is 4. The fourth-order valence-electron chi connectivity index (χ4n) is 5.49. The molecule has 0 aliphatic carbocycles. The first-order valence-corrected chi connectivity index (χ1v) is 16.5. The third-order valence-corrected chi connectivity index (χ3v) is 9.60. The van der Waals surface area contributed by atoms with Crippen LogP contribution in [0.1, 0.15) is 53.2 Å². The number of rotatable bonds is 13. The van der Waals surface area contributed by atoms with E-state index < -0.39 is 49.5 Å². The number of carbonyl (C=O) groups excluding carboxylic acids is 1. The number of aromatic nitrogens is 3. The van der Waals surface area contributed by atoms with E-state index in [1.807, 2.05) is 13.8 Å². The molecule has 45 heavy (non-hydrogen) atoms. The van der Waals surface area contributed by atoms with E-state index >= 15 is 0 Å². The van der Waals surface area contributed by atoms with Gasteiger partial charge in [0.05, 0.1) is 18.9 Å². The number of nitrogens with one attached hydrogen (secondary N) is 1. The van der Waals surface area contributed by atoms with Crippen LogP contribution in [-0.2, 0) is 38.4 Å². The highest BCUT2D eigenvalue weighted by Crippen LogP contribution is 2.51. The molecule has 2 saturated heterocycles. The number of nitrogens with zero attached hydrogens (tertiary/aromatic N) is 4. The van der Waals surface area contributed by atoms with Gasteiger partial charge in [-0.3, -0.25) is 9.32 Å². The number of esters is 1. The van der Waals surface area contributed by atoms with Crippen LogP contribution in [0.3, 0.4) is 0 Å². The predicted octanol–water partition coefficient (Wildman–Crippen LogP) is 4.11. The number of hydrogen-bond acceptors (Lipinski definition) is 12. The van der Waals surface area contributed by atoms with Crippen LogP contribution < -0.4 is 15.3 Å². The molecule has 14 nitrogen and oxygen atoms in total. The van der Waals surface area contributed by atoms with E-state index in [1.54, 1.807) is 56.3 Å². The van der Waals surface area contributed by atoms with Crippen molar-refractivity contribution in [2.75, 3.05) is 18.9 Å². The minimum Gasteiger partial charge on any atom is -0.464 e. The van der Waals surface area contributed by atoms with Gasteiger partial charge in [0.15, 0.2) is 11.6 Å². The molecule has 0 spiro atoms. The second kappa shape index (κ2) is 13.0. The zero-order valence-electron chi connectivity index (χ0n) is 25.9. The summed E-state index contributed by atoms with van der Waals surface area (Å²) in [7, 11) is -4.24. The Labute approximate surface area is 261 Å². The standard InChI is InChI=1S/C30H39N6O8P/c1-6-20(7-2)15-39-28(37)19(3)35-45(38,44-21-11-9-8-10-12-21)40-16-23-25-26(43-29(4,5)42-25)30(17-31,41-23)24-14-13-22-27(32)33-18-34-36(22)24/h8-14,18-20,23,25-26H,6-7,15-16H2,1-5H3,(H,35,38)(H2,32,33,34)/t19?,23?,25?,26?,30-,45-/m0/s1. The van der Waals surface area contributed by atoms with Gasteiger partial charge in [-0.1, -0.05) is 44.9 Å². The van der Waals surface area contributed by atoms with Crippen molar-refractivity contribution in [3.63, 3.8) is 0 Å². The van der Waals surface area contributed by atoms with Crippen LogP contribution in [0, 0.1) is 17.2 Å². The second-order valence-corrected chi connectivity index (χ2v) is 13.2. The molecule has 4 unspecified atom stereocenters. The summed E-state index contributed by atoms with van der Waals surface area (Å²) in [5.41, 5.74) is 5.17. The molecule has 2 fully saturated rings. The van der Waals surface area contributed by atoms with Crippen molar-refractivity contribution < 1.29 is 37.4 Å². The molecule has 4 heterocycles. The first-order chi connectivity index (χ1) is 21.4. The second-order valence-electron chi connectivity index (χ2n) is 11.5. The Kier molecular flexibility index (Phi) is 9.51. The van der Waals surface area contributed by atoms with Crippen molar-refractivity contribution in [1.82, 2.24) is 19.7 Å². The number of carbonyl (C=O) groups is 1. The van der Waals surface area contributed by atoms with Gasteiger partial charge in [0, 0.05) is 0 Å². The number of para-hydroxylation sites is 1. The summed E-state index contributed by atoms with van der Waals surface area (Å²) in [6.45, 7) is 8.91. The topological polar surface area (TPSA) is 182 Å². The summed E-state index contributed by atoms with van der Waals surface area (Å²) < 4.78 is 51.7. The highest BCUT2D eigenvalue weighted by molar-refractivity contribution is 7.52. The molecule has 2 aromatic heterocycles. The minimum atomic E-state index is -4.24. The largest absolute Gasteiger partial charge is 0.464 e. The fraction of sp³-hybridized carbons (Fsp3) is 0.533. The highest BCUT2D eigenvalue weighted by Gasteiger charge is 2.65. The van der Waals surface area contributed by atoms with Gasteiger partial charge in [0.1, 0.15) is 48.0 Å². The Morgan fingerprint density at radius 2 is 1.91 bits per heavy atom. The zero-order valence-corrected chi connectivity index (χ0v) is 26.8. The van der Waals surface area contributed by atoms with Crippen LogP contribution in [0.4, 0.5) is 5.82 Å². The molecule has 2 aliphatic heterocycles. The van der Waals surface area contributed by atoms with Crippen molar-refractivity contribution >= 4 is 25.1 Å². The quantitative estimate of drug-likeness (QED) is 0.201. The summed E-state index contributed by atoms with van der Waals surface area (Å²) in [5.74, 6) is -0.980. The summed E-state index contributed by atoms with van der Waals surface area (Å²) >= 11 is 0. The van der Waals surface area contributed by atoms with Crippen molar-refractivity contribution in [2.45, 2.75) is 83.2 Å². The maximum Gasteiger partial charge on any atom is 0.459 e. The number of nitriles is 1. The lowest BCUT2D eigenvalue weighted by Gasteiger charge is -2.29. The minimum absolute atomic E-state index is 0.219. The Morgan fingerprint density at radius 3 is 2.60 bits per heavy atom. The molecule has 6 atom stereocenters. The number of fused-ring (bicyclic) bond motifs is 2. The van der Waals surface area contributed by atoms with Crippen LogP contribution in [0.25, 0.3) is 5.52 Å². The molecule has 0 bridgehead atoms. The molecule has 5 rings (SSSR count). The van der Waals surface area contributed by atoms with Crippen LogP contribution in [0.2, 0.25) is 0 Å². The summed E-state index contributed by atoms with van der Waals surface area (Å²) in [6.07, 6.45) is 0.325. The highest BCUT2D eigenvalue weighted by atomic mass is 31.2. The Bertz CT molecular complexity index is 1590. The van der Waals surface area contributed by atoms with Crippen molar-refractivity contribution in [1.29, 1.82) is 5.26 Å². The Morgan fingerprint density at radius 1 is 1.18 bits per heavy atom. The van der Waals surface area contributed by atoms with Gasteiger partial charge in [-0.25, -0.2) is 14.1 Å². The van der Waals surface area contributed by atoms with Crippen LogP contribution in [0.15, 0.2) is 48.8 Å². The molecule has 0 amide bonds. The lowest BCUT2D eigenvalue weighted by atomic mass is 9.92. The van der Waals surface area contributed by atoms with Gasteiger partial charge in [0.2, 0.25) is 5.60 Å². The first-order valence-electron chi connectivity index (χ1n) is 14.9. The van der Waals surface area contributed by atoms with Crippen LogP contribution in [-0.4, -0.2) is 63.9 Å². The number of benzene rings is 1. The monoisotopic (exact) mass is 642 g/mol. The molecule has 15 heteroatoms. The molecule has 0 saturated carbocycles. The molecule has 1 aromatic carbocycles. The van der Waals surface area contributed by atoms with Gasteiger partial charge in [-0.05, 0) is 51.0 Å². The van der Waals surface area contributed by atoms with Crippen LogP contribution in [0.5, 0.6) is 5.75 Å². The molecule has 242 valence electrons. The molecule has 0 radical (unpaired) electrons. The van der Waals surface area contributed by atoms with E-state index in [-0.39, 0.29) is 30.7 Å². The maximum atomic E-state index is 14.2. The van der Waals surface area contributed by atoms with Gasteiger partial charge in [-0.15, -0.1) is 0 Å². The van der Waals surface area contributed by atoms with E-state index in [0.717, 1.165) is 12.8 Å². The fourth-order valence-corrected chi connectivity index (χ4v) is 6.99. The van der Waals surface area contributed by atoms with E-state index in [0.29, 0.717) is 11.2 Å². The van der Waals surface area contributed by atoms with E-state index in [2.05, 4.69) is 21.2 Å². The average molecular weight is 643 g/mol. The third kappa shape index (κ3) is 6.70.